The molecule has 4 rings (SSSR count). The normalized spacial score (nSPS) is 20.1. The summed E-state index contributed by atoms with van der Waals surface area (Å²) in [7, 11) is 4.66. The van der Waals surface area contributed by atoms with Crippen molar-refractivity contribution in [1.82, 2.24) is 4.98 Å². The van der Waals surface area contributed by atoms with Gasteiger partial charge in [-0.2, -0.15) is 0 Å². The van der Waals surface area contributed by atoms with Crippen LogP contribution in [-0.2, 0) is 6.42 Å². The van der Waals surface area contributed by atoms with Crippen molar-refractivity contribution in [3.05, 3.63) is 53.9 Å². The summed E-state index contributed by atoms with van der Waals surface area (Å²) in [5, 5.41) is 8.93. The number of rotatable bonds is 4. The maximum atomic E-state index is 10.9. The molecule has 2 heterocycles. The summed E-state index contributed by atoms with van der Waals surface area (Å²) in [5.41, 5.74) is 3.82. The van der Waals surface area contributed by atoms with Crippen molar-refractivity contribution in [3.63, 3.8) is 0 Å². The molecule has 1 saturated heterocycles. The first kappa shape index (κ1) is 18.7. The fourth-order valence-corrected chi connectivity index (χ4v) is 5.01. The van der Waals surface area contributed by atoms with Gasteiger partial charge in [0.2, 0.25) is 0 Å². The molecule has 1 aromatic heterocycles. The van der Waals surface area contributed by atoms with E-state index >= 15 is 0 Å². The molecule has 2 aliphatic rings. The summed E-state index contributed by atoms with van der Waals surface area (Å²) in [5.74, 6) is 0.422. The molecule has 1 aliphatic heterocycles. The van der Waals surface area contributed by atoms with Gasteiger partial charge in [0.25, 0.3) is 0 Å². The van der Waals surface area contributed by atoms with Crippen LogP contribution in [0.3, 0.4) is 0 Å². The second kappa shape index (κ2) is 7.43. The van der Waals surface area contributed by atoms with E-state index in [1.807, 2.05) is 24.5 Å². The van der Waals surface area contributed by atoms with Crippen LogP contribution in [0.2, 0.25) is 0 Å². The fraction of sp³-hybridized carbons (Fsp3) is 0.455. The van der Waals surface area contributed by atoms with E-state index in [4.69, 9.17) is 9.84 Å². The van der Waals surface area contributed by atoms with Gasteiger partial charge in [0.05, 0.1) is 20.1 Å². The quantitative estimate of drug-likeness (QED) is 0.494. The Morgan fingerprint density at radius 1 is 1.14 bits per heavy atom. The second-order valence-electron chi connectivity index (χ2n) is 8.34. The Labute approximate surface area is 166 Å². The Balaban J connectivity index is 1.49. The molecular formula is C22H28N3O3+. The summed E-state index contributed by atoms with van der Waals surface area (Å²) in [6.45, 7) is 2.11. The van der Waals surface area contributed by atoms with Crippen LogP contribution in [0.15, 0.2) is 42.7 Å². The minimum atomic E-state index is -1.26. The van der Waals surface area contributed by atoms with Crippen LogP contribution >= 0.6 is 0 Å². The van der Waals surface area contributed by atoms with Crippen molar-refractivity contribution in [2.75, 3.05) is 32.1 Å². The average Bonchev–Trinajstić information content (AvgIpc) is 3.12. The van der Waals surface area contributed by atoms with E-state index in [2.05, 4.69) is 36.1 Å². The molecule has 1 aromatic carbocycles. The summed E-state index contributed by atoms with van der Waals surface area (Å²) in [6.07, 6.45) is 6.89. The van der Waals surface area contributed by atoms with Crippen molar-refractivity contribution in [2.45, 2.75) is 37.8 Å². The summed E-state index contributed by atoms with van der Waals surface area (Å²) in [6, 6.07) is 10.9. The number of nitrogens with zero attached hydrogens (tertiary/aromatic N) is 3. The van der Waals surface area contributed by atoms with Gasteiger partial charge in [0.15, 0.2) is 0 Å². The number of pyridine rings is 1. The highest BCUT2D eigenvalue weighted by atomic mass is 16.7. The zero-order valence-electron chi connectivity index (χ0n) is 16.5. The van der Waals surface area contributed by atoms with E-state index in [1.54, 1.807) is 6.07 Å². The van der Waals surface area contributed by atoms with Crippen LogP contribution in [0.5, 0.6) is 5.75 Å². The van der Waals surface area contributed by atoms with Crippen molar-refractivity contribution in [1.29, 1.82) is 0 Å². The van der Waals surface area contributed by atoms with Crippen molar-refractivity contribution in [3.8, 4) is 5.75 Å². The van der Waals surface area contributed by atoms with Gasteiger partial charge in [-0.25, -0.2) is 4.79 Å². The largest absolute Gasteiger partial charge is 0.511 e. The highest BCUT2D eigenvalue weighted by Crippen LogP contribution is 2.43. The molecule has 2 aromatic rings. The number of benzene rings is 1. The Bertz CT molecular complexity index is 845. The minimum absolute atomic E-state index is 0.379. The van der Waals surface area contributed by atoms with E-state index in [0.717, 1.165) is 43.3 Å². The van der Waals surface area contributed by atoms with Gasteiger partial charge < -0.3 is 19.2 Å². The standard InChI is InChI=1S/C22H27N3O3/c1-25(2,18-9-13-24(14-10-18)17-7-11-23-12-8-17)21-6-4-16-3-5-19(15-20(16)21)28-22(26)27/h3,5,7-8,11-12,15,18,21H,4,6,9-10,13-14H2,1-2H3/p+1. The number of piperidine rings is 1. The van der Waals surface area contributed by atoms with E-state index in [0.29, 0.717) is 17.8 Å². The number of hydrogen-bond donors (Lipinski definition) is 1. The summed E-state index contributed by atoms with van der Waals surface area (Å²) < 4.78 is 5.85. The Morgan fingerprint density at radius 3 is 2.54 bits per heavy atom. The molecule has 0 bridgehead atoms. The predicted octanol–water partition coefficient (Wildman–Crippen LogP) is 3.87. The van der Waals surface area contributed by atoms with Gasteiger partial charge in [-0.3, -0.25) is 4.98 Å². The molecule has 1 unspecified atom stereocenters. The SMILES string of the molecule is C[N+](C)(C1CCN(c2ccncc2)CC1)C1CCc2ccc(OC(=O)O)cc21. The number of fused-ring (bicyclic) bond motifs is 1. The Kier molecular flexibility index (Phi) is 4.98. The van der Waals surface area contributed by atoms with Crippen LogP contribution in [0.4, 0.5) is 10.5 Å². The van der Waals surface area contributed by atoms with Crippen molar-refractivity contribution < 1.29 is 19.1 Å². The number of aryl methyl sites for hydroxylation is 1. The van der Waals surface area contributed by atoms with Gasteiger partial charge in [-0.1, -0.05) is 6.07 Å². The summed E-state index contributed by atoms with van der Waals surface area (Å²) in [4.78, 5) is 17.5. The first-order valence-electron chi connectivity index (χ1n) is 9.97. The van der Waals surface area contributed by atoms with Crippen molar-refractivity contribution in [2.24, 2.45) is 0 Å². The van der Waals surface area contributed by atoms with E-state index in [1.165, 1.54) is 16.8 Å². The zero-order valence-corrected chi connectivity index (χ0v) is 16.5. The molecule has 1 aliphatic carbocycles. The zero-order chi connectivity index (χ0) is 19.7. The molecule has 1 fully saturated rings. The molecule has 28 heavy (non-hydrogen) atoms. The molecule has 6 nitrogen and oxygen atoms in total. The van der Waals surface area contributed by atoms with Crippen LogP contribution in [0.25, 0.3) is 0 Å². The smallest absolute Gasteiger partial charge is 0.449 e. The first-order chi connectivity index (χ1) is 13.4. The van der Waals surface area contributed by atoms with E-state index in [-0.39, 0.29) is 0 Å². The lowest BCUT2D eigenvalue weighted by molar-refractivity contribution is -0.945. The molecule has 0 radical (unpaired) electrons. The number of hydrogen-bond acceptors (Lipinski definition) is 4. The van der Waals surface area contributed by atoms with Gasteiger partial charge in [-0.05, 0) is 36.2 Å². The molecule has 148 valence electrons. The van der Waals surface area contributed by atoms with Gasteiger partial charge in [-0.15, -0.1) is 0 Å². The fourth-order valence-electron chi connectivity index (χ4n) is 5.01. The molecule has 6 heteroatoms. The molecule has 0 spiro atoms. The third-order valence-electron chi connectivity index (χ3n) is 6.61. The highest BCUT2D eigenvalue weighted by Gasteiger charge is 2.42. The number of quaternary nitrogens is 1. The molecule has 0 saturated carbocycles. The minimum Gasteiger partial charge on any atom is -0.449 e. The summed E-state index contributed by atoms with van der Waals surface area (Å²) >= 11 is 0. The molecule has 1 N–H and O–H groups in total. The molecule has 1 atom stereocenters. The molecule has 0 amide bonds. The van der Waals surface area contributed by atoms with Crippen LogP contribution in [0.1, 0.15) is 36.4 Å². The third-order valence-corrected chi connectivity index (χ3v) is 6.61. The monoisotopic (exact) mass is 382 g/mol. The van der Waals surface area contributed by atoms with Crippen LogP contribution in [0, 0.1) is 0 Å². The number of anilines is 1. The first-order valence-corrected chi connectivity index (χ1v) is 9.97. The van der Waals surface area contributed by atoms with Crippen molar-refractivity contribution >= 4 is 11.8 Å². The number of ether oxygens (including phenoxy) is 1. The highest BCUT2D eigenvalue weighted by molar-refractivity contribution is 5.61. The van der Waals surface area contributed by atoms with E-state index < -0.39 is 6.16 Å². The lowest BCUT2D eigenvalue weighted by atomic mass is 9.96. The van der Waals surface area contributed by atoms with Gasteiger partial charge >= 0.3 is 6.16 Å². The Morgan fingerprint density at radius 2 is 1.86 bits per heavy atom. The van der Waals surface area contributed by atoms with Gasteiger partial charge in [0, 0.05) is 56.0 Å². The maximum absolute atomic E-state index is 10.9. The van der Waals surface area contributed by atoms with Gasteiger partial charge in [0.1, 0.15) is 11.8 Å². The van der Waals surface area contributed by atoms with E-state index in [9.17, 15) is 4.79 Å². The van der Waals surface area contributed by atoms with Crippen LogP contribution < -0.4 is 9.64 Å². The predicted molar refractivity (Wildman–Crippen MR) is 108 cm³/mol. The average molecular weight is 382 g/mol. The molecular weight excluding hydrogens is 354 g/mol. The Hall–Kier alpha value is -2.60. The lowest BCUT2D eigenvalue weighted by Crippen LogP contribution is -2.55. The van der Waals surface area contributed by atoms with Crippen LogP contribution in [-0.4, -0.2) is 54.0 Å². The maximum Gasteiger partial charge on any atom is 0.511 e. The lowest BCUT2D eigenvalue weighted by Gasteiger charge is -2.47. The number of carbonyl (C=O) groups is 1. The third kappa shape index (κ3) is 3.56. The second-order valence-corrected chi connectivity index (χ2v) is 8.34. The topological polar surface area (TPSA) is 62.7 Å². The number of carboxylic acid groups (broad SMARTS) is 1. The number of aromatic nitrogens is 1.